The van der Waals surface area contributed by atoms with E-state index < -0.39 is 10.0 Å². The fourth-order valence-electron chi connectivity index (χ4n) is 3.97. The molecule has 0 aliphatic heterocycles. The van der Waals surface area contributed by atoms with Crippen molar-refractivity contribution in [3.63, 3.8) is 0 Å². The van der Waals surface area contributed by atoms with E-state index in [1.54, 1.807) is 12.3 Å². The summed E-state index contributed by atoms with van der Waals surface area (Å²) in [6, 6.07) is 13.1. The average Bonchev–Trinajstić information content (AvgIpc) is 3.15. The van der Waals surface area contributed by atoms with Crippen LogP contribution in [-0.2, 0) is 22.5 Å². The highest BCUT2D eigenvalue weighted by molar-refractivity contribution is 7.99. The van der Waals surface area contributed by atoms with Gasteiger partial charge in [-0.05, 0) is 41.3 Å². The van der Waals surface area contributed by atoms with Gasteiger partial charge in [0.25, 0.3) is 5.91 Å². The number of sulfonamides is 1. The van der Waals surface area contributed by atoms with Crippen molar-refractivity contribution in [2.24, 2.45) is 7.05 Å². The number of nitrogens with one attached hydrogen (secondary N) is 2. The van der Waals surface area contributed by atoms with Gasteiger partial charge in [0.1, 0.15) is 17.0 Å². The summed E-state index contributed by atoms with van der Waals surface area (Å²) in [5.41, 5.74) is 2.47. The van der Waals surface area contributed by atoms with Crippen LogP contribution in [0.5, 0.6) is 5.75 Å². The predicted octanol–water partition coefficient (Wildman–Crippen LogP) is 5.05. The van der Waals surface area contributed by atoms with E-state index in [-0.39, 0.29) is 22.8 Å². The van der Waals surface area contributed by atoms with E-state index in [1.165, 1.54) is 25.2 Å². The lowest BCUT2D eigenvalue weighted by Crippen LogP contribution is -2.19. The molecule has 2 aromatic carbocycles. The molecule has 0 aliphatic rings. The van der Waals surface area contributed by atoms with Gasteiger partial charge in [0, 0.05) is 23.5 Å². The number of rotatable bonds is 7. The van der Waals surface area contributed by atoms with Crippen molar-refractivity contribution in [2.45, 2.75) is 36.1 Å². The van der Waals surface area contributed by atoms with Crippen molar-refractivity contribution in [3.8, 4) is 5.75 Å². The standard InChI is InChI=1S/C26H29N5O4S2/c1-26(2,3)17-13-18(24(35-5)19(14-17)30-37(6,33)34)29-25(32)20-12-16-8-7-9-21(23(16)31(20)4)36-22-10-11-27-15-28-22/h7-15,30H,1-6H3,(H,29,32). The van der Waals surface area contributed by atoms with Crippen LogP contribution in [-0.4, -0.2) is 42.2 Å². The summed E-state index contributed by atoms with van der Waals surface area (Å²) in [6.07, 6.45) is 4.25. The van der Waals surface area contributed by atoms with E-state index in [0.29, 0.717) is 11.4 Å². The fraction of sp³-hybridized carbons (Fsp3) is 0.269. The molecule has 11 heteroatoms. The molecule has 0 fully saturated rings. The number of para-hydroxylation sites is 1. The molecule has 0 saturated carbocycles. The number of benzene rings is 2. The Morgan fingerprint density at radius 3 is 2.46 bits per heavy atom. The van der Waals surface area contributed by atoms with E-state index >= 15 is 0 Å². The van der Waals surface area contributed by atoms with Crippen molar-refractivity contribution in [2.75, 3.05) is 23.4 Å². The number of fused-ring (bicyclic) bond motifs is 1. The maximum atomic E-state index is 13.5. The van der Waals surface area contributed by atoms with Crippen LogP contribution in [0.3, 0.4) is 0 Å². The molecule has 2 aromatic heterocycles. The normalized spacial score (nSPS) is 11.9. The molecule has 37 heavy (non-hydrogen) atoms. The highest BCUT2D eigenvalue weighted by Crippen LogP contribution is 2.40. The molecule has 4 aromatic rings. The van der Waals surface area contributed by atoms with Gasteiger partial charge in [0.05, 0.1) is 30.3 Å². The molecule has 0 bridgehead atoms. The zero-order valence-corrected chi connectivity index (χ0v) is 23.1. The predicted molar refractivity (Wildman–Crippen MR) is 147 cm³/mol. The summed E-state index contributed by atoms with van der Waals surface area (Å²) in [5.74, 6) is -0.128. The minimum Gasteiger partial charge on any atom is -0.492 e. The number of carbonyl (C=O) groups is 1. The van der Waals surface area contributed by atoms with Crippen LogP contribution < -0.4 is 14.8 Å². The summed E-state index contributed by atoms with van der Waals surface area (Å²) < 4.78 is 33.9. The topological polar surface area (TPSA) is 115 Å². The van der Waals surface area contributed by atoms with Crippen molar-refractivity contribution in [1.29, 1.82) is 0 Å². The van der Waals surface area contributed by atoms with Crippen LogP contribution in [0.15, 0.2) is 64.9 Å². The molecule has 0 saturated heterocycles. The number of methoxy groups -OCH3 is 1. The van der Waals surface area contributed by atoms with Gasteiger partial charge in [-0.15, -0.1) is 0 Å². The second kappa shape index (κ2) is 10.1. The Kier molecular flexibility index (Phi) is 7.20. The maximum Gasteiger partial charge on any atom is 0.272 e. The molecular weight excluding hydrogens is 510 g/mol. The molecule has 1 amide bonds. The second-order valence-electron chi connectivity index (χ2n) is 9.62. The second-order valence-corrected chi connectivity index (χ2v) is 12.4. The minimum atomic E-state index is -3.58. The van der Waals surface area contributed by atoms with Gasteiger partial charge in [-0.3, -0.25) is 9.52 Å². The number of amides is 1. The molecule has 0 spiro atoms. The lowest BCUT2D eigenvalue weighted by atomic mass is 9.86. The monoisotopic (exact) mass is 539 g/mol. The number of nitrogens with zero attached hydrogens (tertiary/aromatic N) is 3. The van der Waals surface area contributed by atoms with E-state index in [1.807, 2.05) is 68.8 Å². The molecule has 2 N–H and O–H groups in total. The maximum absolute atomic E-state index is 13.5. The molecule has 0 unspecified atom stereocenters. The first-order valence-corrected chi connectivity index (χ1v) is 14.1. The van der Waals surface area contributed by atoms with Gasteiger partial charge in [0.2, 0.25) is 10.0 Å². The van der Waals surface area contributed by atoms with E-state index in [0.717, 1.165) is 32.6 Å². The van der Waals surface area contributed by atoms with Crippen molar-refractivity contribution >= 4 is 50.0 Å². The largest absolute Gasteiger partial charge is 0.492 e. The van der Waals surface area contributed by atoms with Gasteiger partial charge in [-0.25, -0.2) is 18.4 Å². The molecule has 194 valence electrons. The van der Waals surface area contributed by atoms with E-state index in [9.17, 15) is 13.2 Å². The van der Waals surface area contributed by atoms with Gasteiger partial charge in [-0.2, -0.15) is 0 Å². The lowest BCUT2D eigenvalue weighted by Gasteiger charge is -2.24. The smallest absolute Gasteiger partial charge is 0.272 e. The first-order chi connectivity index (χ1) is 17.4. The Labute approximate surface area is 220 Å². The molecule has 0 radical (unpaired) electrons. The van der Waals surface area contributed by atoms with Crippen LogP contribution in [0.25, 0.3) is 10.9 Å². The Bertz CT molecular complexity index is 1580. The summed E-state index contributed by atoms with van der Waals surface area (Å²) in [7, 11) is -0.315. The quantitative estimate of drug-likeness (QED) is 0.316. The van der Waals surface area contributed by atoms with Gasteiger partial charge < -0.3 is 14.6 Å². The lowest BCUT2D eigenvalue weighted by molar-refractivity contribution is 0.101. The molecule has 0 aliphatic carbocycles. The third-order valence-corrected chi connectivity index (χ3v) is 7.31. The van der Waals surface area contributed by atoms with Crippen LogP contribution in [0.4, 0.5) is 11.4 Å². The number of hydrogen-bond acceptors (Lipinski definition) is 7. The van der Waals surface area contributed by atoms with Gasteiger partial charge in [-0.1, -0.05) is 44.7 Å². The van der Waals surface area contributed by atoms with Crippen molar-refractivity contribution in [1.82, 2.24) is 14.5 Å². The highest BCUT2D eigenvalue weighted by Gasteiger charge is 2.24. The van der Waals surface area contributed by atoms with Gasteiger partial charge in [0.15, 0.2) is 5.75 Å². The summed E-state index contributed by atoms with van der Waals surface area (Å²) >= 11 is 1.49. The van der Waals surface area contributed by atoms with Crippen molar-refractivity contribution < 1.29 is 17.9 Å². The van der Waals surface area contributed by atoms with Crippen LogP contribution in [0.2, 0.25) is 0 Å². The minimum absolute atomic E-state index is 0.227. The number of hydrogen-bond donors (Lipinski definition) is 2. The number of aromatic nitrogens is 3. The third kappa shape index (κ3) is 5.89. The Morgan fingerprint density at radius 1 is 1.11 bits per heavy atom. The number of anilines is 2. The molecule has 0 atom stereocenters. The summed E-state index contributed by atoms with van der Waals surface area (Å²) in [6.45, 7) is 6.02. The van der Waals surface area contributed by atoms with E-state index in [2.05, 4.69) is 20.0 Å². The number of aryl methyl sites for hydroxylation is 1. The average molecular weight is 540 g/mol. The fourth-order valence-corrected chi connectivity index (χ4v) is 5.47. The SMILES string of the molecule is COc1c(NC(=O)c2cc3cccc(Sc4ccncn4)c3n2C)cc(C(C)(C)C)cc1NS(C)(=O)=O. The summed E-state index contributed by atoms with van der Waals surface area (Å²) in [4.78, 5) is 22.7. The number of ether oxygens (including phenoxy) is 1. The Morgan fingerprint density at radius 2 is 1.84 bits per heavy atom. The van der Waals surface area contributed by atoms with Crippen LogP contribution >= 0.6 is 11.8 Å². The first-order valence-electron chi connectivity index (χ1n) is 11.4. The number of carbonyl (C=O) groups excluding carboxylic acids is 1. The molecule has 4 rings (SSSR count). The highest BCUT2D eigenvalue weighted by atomic mass is 32.2. The molecule has 2 heterocycles. The third-order valence-electron chi connectivity index (χ3n) is 5.72. The van der Waals surface area contributed by atoms with Crippen molar-refractivity contribution in [3.05, 3.63) is 66.2 Å². The molecule has 9 nitrogen and oxygen atoms in total. The van der Waals surface area contributed by atoms with Crippen LogP contribution in [0.1, 0.15) is 36.8 Å². The zero-order chi connectivity index (χ0) is 27.0. The van der Waals surface area contributed by atoms with Crippen LogP contribution in [0, 0.1) is 0 Å². The Balaban J connectivity index is 1.76. The first kappa shape index (κ1) is 26.5. The zero-order valence-electron chi connectivity index (χ0n) is 21.5. The molecular formula is C26H29N5O4S2. The Hall–Kier alpha value is -3.57. The van der Waals surface area contributed by atoms with E-state index in [4.69, 9.17) is 4.74 Å². The van der Waals surface area contributed by atoms with Gasteiger partial charge >= 0.3 is 0 Å². The summed E-state index contributed by atoms with van der Waals surface area (Å²) in [5, 5.41) is 4.64.